The zero-order valence-electron chi connectivity index (χ0n) is 8.19. The van der Waals surface area contributed by atoms with Gasteiger partial charge in [-0.3, -0.25) is 4.79 Å². The molecule has 1 aromatic rings. The molecule has 0 bridgehead atoms. The van der Waals surface area contributed by atoms with Crippen molar-refractivity contribution in [2.45, 2.75) is 19.8 Å². The molecule has 0 aliphatic carbocycles. The van der Waals surface area contributed by atoms with E-state index in [2.05, 4.69) is 0 Å². The third-order valence-corrected chi connectivity index (χ3v) is 1.87. The van der Waals surface area contributed by atoms with Gasteiger partial charge >= 0.3 is 5.97 Å². The monoisotopic (exact) mass is 192 g/mol. The minimum absolute atomic E-state index is 0.124. The number of hydrogen-bond donors (Lipinski definition) is 0. The molecule has 3 heteroatoms. The molecule has 14 heavy (non-hydrogen) atoms. The molecule has 1 aromatic carbocycles. The Morgan fingerprint density at radius 1 is 1.36 bits per heavy atom. The second kappa shape index (κ2) is 4.56. The van der Waals surface area contributed by atoms with Gasteiger partial charge in [-0.15, -0.1) is 0 Å². The molecule has 0 fully saturated rings. The second-order valence-corrected chi connectivity index (χ2v) is 3.09. The van der Waals surface area contributed by atoms with E-state index in [-0.39, 0.29) is 11.9 Å². The van der Waals surface area contributed by atoms with E-state index in [4.69, 9.17) is 4.74 Å². The smallest absolute Gasteiger partial charge is 0.308 e. The largest absolute Gasteiger partial charge is 0.427 e. The molecule has 0 aliphatic heterocycles. The number of carbonyl (C=O) groups is 2. The average molecular weight is 192 g/mol. The van der Waals surface area contributed by atoms with Gasteiger partial charge in [-0.1, -0.05) is 19.1 Å². The maximum Gasteiger partial charge on any atom is 0.308 e. The lowest BCUT2D eigenvalue weighted by Gasteiger charge is -2.05. The molecule has 0 spiro atoms. The van der Waals surface area contributed by atoms with Crippen molar-refractivity contribution in [2.24, 2.45) is 0 Å². The zero-order chi connectivity index (χ0) is 10.6. The Balaban J connectivity index is 2.78. The fraction of sp³-hybridized carbons (Fsp3) is 0.273. The number of benzene rings is 1. The van der Waals surface area contributed by atoms with Crippen molar-refractivity contribution in [2.75, 3.05) is 0 Å². The summed E-state index contributed by atoms with van der Waals surface area (Å²) in [5.74, 6) is 0.0295. The highest BCUT2D eigenvalue weighted by Gasteiger charge is 2.03. The summed E-state index contributed by atoms with van der Waals surface area (Å²) >= 11 is 0. The molecule has 0 aromatic heterocycles. The first-order chi connectivity index (χ1) is 6.63. The van der Waals surface area contributed by atoms with Crippen molar-refractivity contribution < 1.29 is 14.3 Å². The molecule has 1 atom stereocenters. The lowest BCUT2D eigenvalue weighted by molar-refractivity contribution is -0.131. The van der Waals surface area contributed by atoms with E-state index in [1.165, 1.54) is 6.92 Å². The van der Waals surface area contributed by atoms with Gasteiger partial charge in [0, 0.05) is 12.8 Å². The van der Waals surface area contributed by atoms with Gasteiger partial charge in [0.15, 0.2) is 0 Å². The van der Waals surface area contributed by atoms with Gasteiger partial charge in [-0.05, 0) is 17.7 Å². The van der Waals surface area contributed by atoms with Gasteiger partial charge in [0.05, 0.1) is 0 Å². The standard InChI is InChI=1S/C11H12O3/c1-8(7-12)10-3-5-11(6-4-10)14-9(2)13/h3-8H,1-2H3. The highest BCUT2D eigenvalue weighted by molar-refractivity contribution is 5.69. The molecule has 0 heterocycles. The fourth-order valence-electron chi connectivity index (χ4n) is 1.08. The van der Waals surface area contributed by atoms with Crippen molar-refractivity contribution >= 4 is 12.3 Å². The van der Waals surface area contributed by atoms with E-state index >= 15 is 0 Å². The van der Waals surface area contributed by atoms with E-state index in [1.807, 2.05) is 6.92 Å². The molecule has 0 amide bonds. The van der Waals surface area contributed by atoms with E-state index in [0.717, 1.165) is 11.8 Å². The van der Waals surface area contributed by atoms with Crippen LogP contribution < -0.4 is 4.74 Å². The van der Waals surface area contributed by atoms with Crippen LogP contribution in [-0.4, -0.2) is 12.3 Å². The number of ether oxygens (including phenoxy) is 1. The first kappa shape index (κ1) is 10.4. The van der Waals surface area contributed by atoms with Crippen LogP contribution in [0.5, 0.6) is 5.75 Å². The lowest BCUT2D eigenvalue weighted by atomic mass is 10.0. The van der Waals surface area contributed by atoms with E-state index in [0.29, 0.717) is 5.75 Å². The summed E-state index contributed by atoms with van der Waals surface area (Å²) in [4.78, 5) is 21.1. The number of esters is 1. The Labute approximate surface area is 82.7 Å². The predicted octanol–water partition coefficient (Wildman–Crippen LogP) is 1.91. The summed E-state index contributed by atoms with van der Waals surface area (Å²) in [5, 5.41) is 0. The van der Waals surface area contributed by atoms with Crippen LogP contribution in [0.4, 0.5) is 0 Å². The molecule has 1 unspecified atom stereocenters. The molecular weight excluding hydrogens is 180 g/mol. The zero-order valence-corrected chi connectivity index (χ0v) is 8.19. The molecule has 3 nitrogen and oxygen atoms in total. The van der Waals surface area contributed by atoms with Gasteiger partial charge in [0.1, 0.15) is 12.0 Å². The van der Waals surface area contributed by atoms with Crippen LogP contribution in [0, 0.1) is 0 Å². The van der Waals surface area contributed by atoms with Crippen LogP contribution in [0.15, 0.2) is 24.3 Å². The molecule has 0 N–H and O–H groups in total. The SMILES string of the molecule is CC(=O)Oc1ccc(C(C)C=O)cc1. The molecule has 1 rings (SSSR count). The van der Waals surface area contributed by atoms with Gasteiger partial charge in [0.25, 0.3) is 0 Å². The predicted molar refractivity (Wildman–Crippen MR) is 52.2 cm³/mol. The lowest BCUT2D eigenvalue weighted by Crippen LogP contribution is -2.01. The molecule has 0 aliphatic rings. The van der Waals surface area contributed by atoms with Gasteiger partial charge in [0.2, 0.25) is 0 Å². The third-order valence-electron chi connectivity index (χ3n) is 1.87. The third kappa shape index (κ3) is 2.69. The van der Waals surface area contributed by atoms with Crippen molar-refractivity contribution in [3.63, 3.8) is 0 Å². The summed E-state index contributed by atoms with van der Waals surface area (Å²) in [5.41, 5.74) is 0.913. The van der Waals surface area contributed by atoms with Crippen LogP contribution in [0.3, 0.4) is 0 Å². The number of hydrogen-bond acceptors (Lipinski definition) is 3. The van der Waals surface area contributed by atoms with Crippen molar-refractivity contribution in [1.82, 2.24) is 0 Å². The normalized spacial score (nSPS) is 11.9. The number of aldehydes is 1. The van der Waals surface area contributed by atoms with Crippen molar-refractivity contribution in [3.8, 4) is 5.75 Å². The molecule has 0 saturated carbocycles. The Hall–Kier alpha value is -1.64. The van der Waals surface area contributed by atoms with Gasteiger partial charge in [-0.25, -0.2) is 0 Å². The summed E-state index contributed by atoms with van der Waals surface area (Å²) < 4.78 is 4.86. The number of carbonyl (C=O) groups excluding carboxylic acids is 2. The van der Waals surface area contributed by atoms with Crippen LogP contribution in [0.1, 0.15) is 25.3 Å². The quantitative estimate of drug-likeness (QED) is 0.417. The average Bonchev–Trinajstić information content (AvgIpc) is 2.17. The van der Waals surface area contributed by atoms with Crippen LogP contribution in [0.25, 0.3) is 0 Å². The topological polar surface area (TPSA) is 43.4 Å². The Morgan fingerprint density at radius 2 is 1.93 bits per heavy atom. The fourth-order valence-corrected chi connectivity index (χ4v) is 1.08. The van der Waals surface area contributed by atoms with Crippen molar-refractivity contribution in [3.05, 3.63) is 29.8 Å². The summed E-state index contributed by atoms with van der Waals surface area (Å²) in [6.07, 6.45) is 0.876. The van der Waals surface area contributed by atoms with E-state index in [1.54, 1.807) is 24.3 Å². The van der Waals surface area contributed by atoms with Crippen molar-refractivity contribution in [1.29, 1.82) is 0 Å². The minimum Gasteiger partial charge on any atom is -0.427 e. The van der Waals surface area contributed by atoms with Gasteiger partial charge < -0.3 is 9.53 Å². The van der Waals surface area contributed by atoms with Crippen LogP contribution in [0.2, 0.25) is 0 Å². The van der Waals surface area contributed by atoms with E-state index < -0.39 is 0 Å². The van der Waals surface area contributed by atoms with E-state index in [9.17, 15) is 9.59 Å². The molecule has 74 valence electrons. The molecule has 0 radical (unpaired) electrons. The second-order valence-electron chi connectivity index (χ2n) is 3.09. The summed E-state index contributed by atoms with van der Waals surface area (Å²) in [7, 11) is 0. The summed E-state index contributed by atoms with van der Waals surface area (Å²) in [6.45, 7) is 3.16. The highest BCUT2D eigenvalue weighted by atomic mass is 16.5. The Morgan fingerprint density at radius 3 is 2.36 bits per heavy atom. The minimum atomic E-state index is -0.346. The Bertz CT molecular complexity index is 327. The van der Waals surface area contributed by atoms with Crippen LogP contribution >= 0.6 is 0 Å². The summed E-state index contributed by atoms with van der Waals surface area (Å²) in [6, 6.07) is 6.90. The maximum absolute atomic E-state index is 10.6. The van der Waals surface area contributed by atoms with Crippen LogP contribution in [-0.2, 0) is 9.59 Å². The first-order valence-electron chi connectivity index (χ1n) is 4.37. The molecule has 0 saturated heterocycles. The highest BCUT2D eigenvalue weighted by Crippen LogP contribution is 2.17. The first-order valence-corrected chi connectivity index (χ1v) is 4.37. The molecular formula is C11H12O3. The van der Waals surface area contributed by atoms with Gasteiger partial charge in [-0.2, -0.15) is 0 Å². The Kier molecular flexibility index (Phi) is 3.40. The maximum atomic E-state index is 10.6. The number of rotatable bonds is 3.